The van der Waals surface area contributed by atoms with Crippen molar-refractivity contribution in [3.05, 3.63) is 39.9 Å². The number of halogens is 1. The minimum Gasteiger partial charge on any atom is -0.338 e. The molecular formula is C13H15BrN2O3. The van der Waals surface area contributed by atoms with Gasteiger partial charge >= 0.3 is 0 Å². The number of carbonyl (C=O) groups is 1. The molecule has 1 aromatic rings. The van der Waals surface area contributed by atoms with Crippen LogP contribution in [0.1, 0.15) is 23.2 Å². The van der Waals surface area contributed by atoms with Gasteiger partial charge in [0.1, 0.15) is 0 Å². The summed E-state index contributed by atoms with van der Waals surface area (Å²) in [5, 5.41) is 11.5. The third kappa shape index (κ3) is 3.32. The first-order valence-electron chi connectivity index (χ1n) is 6.21. The molecule has 0 saturated carbocycles. The summed E-state index contributed by atoms with van der Waals surface area (Å²) < 4.78 is 0. The molecule has 1 amide bonds. The third-order valence-corrected chi connectivity index (χ3v) is 3.87. The number of nitro benzene ring substituents is 1. The molecule has 0 spiro atoms. The van der Waals surface area contributed by atoms with Gasteiger partial charge in [0.15, 0.2) is 0 Å². The lowest BCUT2D eigenvalue weighted by Crippen LogP contribution is -2.28. The van der Waals surface area contributed by atoms with Crippen molar-refractivity contribution >= 4 is 27.5 Å². The summed E-state index contributed by atoms with van der Waals surface area (Å²) >= 11 is 3.42. The smallest absolute Gasteiger partial charge is 0.269 e. The van der Waals surface area contributed by atoms with Crippen molar-refractivity contribution < 1.29 is 9.72 Å². The van der Waals surface area contributed by atoms with Crippen LogP contribution < -0.4 is 0 Å². The van der Waals surface area contributed by atoms with Crippen LogP contribution in [0.2, 0.25) is 0 Å². The topological polar surface area (TPSA) is 63.4 Å². The quantitative estimate of drug-likeness (QED) is 0.485. The zero-order valence-electron chi connectivity index (χ0n) is 10.4. The van der Waals surface area contributed by atoms with Gasteiger partial charge in [-0.05, 0) is 30.9 Å². The number of benzene rings is 1. The maximum atomic E-state index is 12.2. The summed E-state index contributed by atoms with van der Waals surface area (Å²) in [6, 6.07) is 5.80. The average molecular weight is 327 g/mol. The van der Waals surface area contributed by atoms with E-state index in [0.717, 1.165) is 31.3 Å². The van der Waals surface area contributed by atoms with Gasteiger partial charge < -0.3 is 4.90 Å². The van der Waals surface area contributed by atoms with E-state index in [-0.39, 0.29) is 11.6 Å². The zero-order chi connectivity index (χ0) is 13.8. The lowest BCUT2D eigenvalue weighted by atomic mass is 10.1. The fraction of sp³-hybridized carbons (Fsp3) is 0.462. The van der Waals surface area contributed by atoms with E-state index in [1.54, 1.807) is 0 Å². The Morgan fingerprint density at radius 2 is 2.11 bits per heavy atom. The van der Waals surface area contributed by atoms with Gasteiger partial charge in [0, 0.05) is 36.1 Å². The summed E-state index contributed by atoms with van der Waals surface area (Å²) in [6.07, 6.45) is 2.11. The van der Waals surface area contributed by atoms with Crippen molar-refractivity contribution in [3.8, 4) is 0 Å². The second-order valence-electron chi connectivity index (χ2n) is 4.69. The number of likely N-dealkylation sites (tertiary alicyclic amines) is 1. The fourth-order valence-corrected chi connectivity index (χ4v) is 2.96. The Morgan fingerprint density at radius 3 is 2.68 bits per heavy atom. The predicted molar refractivity (Wildman–Crippen MR) is 75.5 cm³/mol. The molecule has 5 nitrogen and oxygen atoms in total. The standard InChI is InChI=1S/C13H15BrN2O3/c14-7-5-10-6-8-15(9-10)13(17)11-1-3-12(4-2-11)16(18)19/h1-4,10H,5-9H2. The van der Waals surface area contributed by atoms with Crippen LogP contribution in [0.3, 0.4) is 0 Å². The number of amides is 1. The summed E-state index contributed by atoms with van der Waals surface area (Å²) in [5.41, 5.74) is 0.528. The van der Waals surface area contributed by atoms with Crippen LogP contribution in [0.5, 0.6) is 0 Å². The van der Waals surface area contributed by atoms with Crippen molar-refractivity contribution in [1.29, 1.82) is 0 Å². The Balaban J connectivity index is 2.02. The summed E-state index contributed by atoms with van der Waals surface area (Å²) in [4.78, 5) is 24.1. The number of nitro groups is 1. The van der Waals surface area contributed by atoms with E-state index in [0.29, 0.717) is 11.5 Å². The minimum absolute atomic E-state index is 0.00939. The number of alkyl halides is 1. The number of non-ortho nitro benzene ring substituents is 1. The number of rotatable bonds is 4. The first-order valence-corrected chi connectivity index (χ1v) is 7.33. The molecule has 1 atom stereocenters. The molecule has 1 unspecified atom stereocenters. The highest BCUT2D eigenvalue weighted by atomic mass is 79.9. The SMILES string of the molecule is O=C(c1ccc([N+](=O)[O-])cc1)N1CCC(CCBr)C1. The molecule has 19 heavy (non-hydrogen) atoms. The molecule has 6 heteroatoms. The maximum Gasteiger partial charge on any atom is 0.269 e. The summed E-state index contributed by atoms with van der Waals surface area (Å²) in [6.45, 7) is 1.55. The molecule has 1 heterocycles. The molecule has 0 radical (unpaired) electrons. The largest absolute Gasteiger partial charge is 0.338 e. The van der Waals surface area contributed by atoms with E-state index in [9.17, 15) is 14.9 Å². The highest BCUT2D eigenvalue weighted by Crippen LogP contribution is 2.22. The fourth-order valence-electron chi connectivity index (χ4n) is 2.32. The molecule has 1 aliphatic rings. The van der Waals surface area contributed by atoms with Gasteiger partial charge in [-0.2, -0.15) is 0 Å². The van der Waals surface area contributed by atoms with Crippen molar-refractivity contribution in [2.45, 2.75) is 12.8 Å². The van der Waals surface area contributed by atoms with Gasteiger partial charge in [-0.15, -0.1) is 0 Å². The van der Waals surface area contributed by atoms with Crippen LogP contribution in [-0.2, 0) is 0 Å². The van der Waals surface area contributed by atoms with E-state index >= 15 is 0 Å². The number of nitrogens with zero attached hydrogens (tertiary/aromatic N) is 2. The normalized spacial score (nSPS) is 18.6. The van der Waals surface area contributed by atoms with Crippen molar-refractivity contribution in [3.63, 3.8) is 0 Å². The Hall–Kier alpha value is -1.43. The molecule has 0 aromatic heterocycles. The summed E-state index contributed by atoms with van der Waals surface area (Å²) in [7, 11) is 0. The maximum absolute atomic E-state index is 12.2. The van der Waals surface area contributed by atoms with Crippen molar-refractivity contribution in [1.82, 2.24) is 4.90 Å². The Morgan fingerprint density at radius 1 is 1.42 bits per heavy atom. The zero-order valence-corrected chi connectivity index (χ0v) is 12.0. The van der Waals surface area contributed by atoms with E-state index in [2.05, 4.69) is 15.9 Å². The number of carbonyl (C=O) groups excluding carboxylic acids is 1. The van der Waals surface area contributed by atoms with Crippen LogP contribution in [0, 0.1) is 16.0 Å². The van der Waals surface area contributed by atoms with E-state index in [4.69, 9.17) is 0 Å². The highest BCUT2D eigenvalue weighted by Gasteiger charge is 2.26. The lowest BCUT2D eigenvalue weighted by molar-refractivity contribution is -0.384. The van der Waals surface area contributed by atoms with Gasteiger partial charge in [-0.3, -0.25) is 14.9 Å². The molecule has 1 aliphatic heterocycles. The molecule has 0 aliphatic carbocycles. The number of hydrogen-bond acceptors (Lipinski definition) is 3. The van der Waals surface area contributed by atoms with Crippen LogP contribution >= 0.6 is 15.9 Å². The Labute approximate surface area is 119 Å². The predicted octanol–water partition coefficient (Wildman–Crippen LogP) is 2.84. The van der Waals surface area contributed by atoms with Crippen LogP contribution in [0.25, 0.3) is 0 Å². The van der Waals surface area contributed by atoms with E-state index in [1.807, 2.05) is 4.90 Å². The molecule has 0 N–H and O–H groups in total. The van der Waals surface area contributed by atoms with E-state index in [1.165, 1.54) is 24.3 Å². The molecule has 1 saturated heterocycles. The monoisotopic (exact) mass is 326 g/mol. The van der Waals surface area contributed by atoms with Crippen LogP contribution in [0.4, 0.5) is 5.69 Å². The van der Waals surface area contributed by atoms with Gasteiger partial charge in [-0.1, -0.05) is 15.9 Å². The molecular weight excluding hydrogens is 312 g/mol. The average Bonchev–Trinajstić information content (AvgIpc) is 2.87. The lowest BCUT2D eigenvalue weighted by Gasteiger charge is -2.16. The van der Waals surface area contributed by atoms with Crippen molar-refractivity contribution in [2.75, 3.05) is 18.4 Å². The van der Waals surface area contributed by atoms with Crippen molar-refractivity contribution in [2.24, 2.45) is 5.92 Å². The molecule has 102 valence electrons. The third-order valence-electron chi connectivity index (χ3n) is 3.42. The van der Waals surface area contributed by atoms with Gasteiger partial charge in [-0.25, -0.2) is 0 Å². The summed E-state index contributed by atoms with van der Waals surface area (Å²) in [5.74, 6) is 0.522. The molecule has 1 fully saturated rings. The van der Waals surface area contributed by atoms with E-state index < -0.39 is 4.92 Å². The minimum atomic E-state index is -0.462. The highest BCUT2D eigenvalue weighted by molar-refractivity contribution is 9.09. The second kappa shape index (κ2) is 6.14. The Bertz CT molecular complexity index is 475. The molecule has 2 rings (SSSR count). The second-order valence-corrected chi connectivity index (χ2v) is 5.48. The van der Waals surface area contributed by atoms with Gasteiger partial charge in [0.25, 0.3) is 11.6 Å². The van der Waals surface area contributed by atoms with Crippen LogP contribution in [0.15, 0.2) is 24.3 Å². The number of hydrogen-bond donors (Lipinski definition) is 0. The molecule has 0 bridgehead atoms. The Kier molecular flexibility index (Phi) is 4.52. The first-order chi connectivity index (χ1) is 9.11. The van der Waals surface area contributed by atoms with Gasteiger partial charge in [0.2, 0.25) is 0 Å². The molecule has 1 aromatic carbocycles. The first kappa shape index (κ1) is 14.0. The van der Waals surface area contributed by atoms with Gasteiger partial charge in [0.05, 0.1) is 4.92 Å². The van der Waals surface area contributed by atoms with Crippen LogP contribution in [-0.4, -0.2) is 34.2 Å².